The van der Waals surface area contributed by atoms with Crippen LogP contribution in [0.15, 0.2) is 72.9 Å². The Labute approximate surface area is 152 Å². The minimum absolute atomic E-state index is 0.128. The lowest BCUT2D eigenvalue weighted by Crippen LogP contribution is -1.99. The first-order valence-electron chi connectivity index (χ1n) is 9.01. The average molecular weight is 344 g/mol. The van der Waals surface area contributed by atoms with Gasteiger partial charge < -0.3 is 10.2 Å². The van der Waals surface area contributed by atoms with E-state index >= 15 is 0 Å². The molecule has 0 aromatic carbocycles. The van der Waals surface area contributed by atoms with E-state index in [1.807, 2.05) is 30.4 Å². The predicted octanol–water partition coefficient (Wildman–Crippen LogP) is 5.52. The van der Waals surface area contributed by atoms with Crippen LogP contribution in [0.4, 0.5) is 0 Å². The monoisotopic (exact) mass is 344 g/mol. The molecule has 0 unspecified atom stereocenters. The number of aliphatic hydroxyl groups excluding tert-OH is 1. The third kappa shape index (κ3) is 19.8. The summed E-state index contributed by atoms with van der Waals surface area (Å²) in [5.41, 5.74) is 0. The van der Waals surface area contributed by atoms with E-state index in [-0.39, 0.29) is 6.42 Å². The fourth-order valence-corrected chi connectivity index (χ4v) is 1.88. The number of rotatable bonds is 14. The Kier molecular flexibility index (Phi) is 16.7. The number of carboxylic acids is 1. The van der Waals surface area contributed by atoms with E-state index in [4.69, 9.17) is 5.11 Å². The van der Waals surface area contributed by atoms with Crippen LogP contribution in [0.1, 0.15) is 51.9 Å². The Bertz CT molecular complexity index is 493. The fraction of sp³-hybridized carbons (Fsp3) is 0.409. The highest BCUT2D eigenvalue weighted by atomic mass is 16.4. The number of aliphatic hydroxyl groups is 1. The van der Waals surface area contributed by atoms with E-state index in [9.17, 15) is 9.90 Å². The molecule has 0 aliphatic rings. The van der Waals surface area contributed by atoms with Crippen molar-refractivity contribution in [3.63, 3.8) is 0 Å². The Morgan fingerprint density at radius 2 is 1.52 bits per heavy atom. The number of carbonyl (C=O) groups is 1. The second kappa shape index (κ2) is 18.2. The van der Waals surface area contributed by atoms with Crippen LogP contribution in [0.25, 0.3) is 0 Å². The normalized spacial score (nSPS) is 14.3. The van der Waals surface area contributed by atoms with Gasteiger partial charge in [0.1, 0.15) is 0 Å². The van der Waals surface area contributed by atoms with Crippen LogP contribution >= 0.6 is 0 Å². The molecule has 3 nitrogen and oxygen atoms in total. The highest BCUT2D eigenvalue weighted by Crippen LogP contribution is 1.99. The first kappa shape index (κ1) is 22.9. The van der Waals surface area contributed by atoms with Gasteiger partial charge in [0.15, 0.2) is 0 Å². The number of hydrogen-bond donors (Lipinski definition) is 2. The molecule has 1 atom stereocenters. The Morgan fingerprint density at radius 3 is 2.28 bits per heavy atom. The molecule has 0 saturated carbocycles. The smallest absolute Gasteiger partial charge is 0.303 e. The summed E-state index contributed by atoms with van der Waals surface area (Å²) < 4.78 is 0. The van der Waals surface area contributed by atoms with E-state index in [1.54, 1.807) is 12.2 Å². The lowest BCUT2D eigenvalue weighted by Gasteiger charge is -1.98. The van der Waals surface area contributed by atoms with Crippen LogP contribution in [0.2, 0.25) is 0 Å². The van der Waals surface area contributed by atoms with Gasteiger partial charge in [-0.3, -0.25) is 4.79 Å². The summed E-state index contributed by atoms with van der Waals surface area (Å²) in [5.74, 6) is -0.802. The molecule has 0 radical (unpaired) electrons. The van der Waals surface area contributed by atoms with Crippen molar-refractivity contribution in [3.05, 3.63) is 72.9 Å². The molecular weight excluding hydrogens is 312 g/mol. The van der Waals surface area contributed by atoms with E-state index < -0.39 is 12.1 Å². The lowest BCUT2D eigenvalue weighted by atomic mass is 10.2. The van der Waals surface area contributed by atoms with Gasteiger partial charge in [0.05, 0.1) is 6.10 Å². The third-order valence-electron chi connectivity index (χ3n) is 3.21. The molecule has 3 heteroatoms. The highest BCUT2D eigenvalue weighted by molar-refractivity contribution is 5.66. The van der Waals surface area contributed by atoms with Gasteiger partial charge >= 0.3 is 5.97 Å². The summed E-state index contributed by atoms with van der Waals surface area (Å²) in [6.07, 6.45) is 28.6. The van der Waals surface area contributed by atoms with Crippen LogP contribution < -0.4 is 0 Å². The summed E-state index contributed by atoms with van der Waals surface area (Å²) in [7, 11) is 0. The molecule has 0 aromatic heterocycles. The summed E-state index contributed by atoms with van der Waals surface area (Å²) in [6.45, 7) is 2.14. The number of unbranched alkanes of at least 4 members (excludes halogenated alkanes) is 1. The van der Waals surface area contributed by atoms with Gasteiger partial charge in [-0.15, -0.1) is 0 Å². The maximum atomic E-state index is 10.3. The van der Waals surface area contributed by atoms with Crippen molar-refractivity contribution in [2.24, 2.45) is 0 Å². The molecule has 2 N–H and O–H groups in total. The number of carboxylic acid groups (broad SMARTS) is 1. The largest absolute Gasteiger partial charge is 0.481 e. The maximum Gasteiger partial charge on any atom is 0.303 e. The average Bonchev–Trinajstić information content (AvgIpc) is 2.58. The zero-order valence-electron chi connectivity index (χ0n) is 15.3. The molecular formula is C22H32O3. The van der Waals surface area contributed by atoms with E-state index in [0.717, 1.165) is 25.7 Å². The standard InChI is InChI=1S/C22H32O3/c1-2-3-4-5-6-7-8-9-10-11-12-13-15-18-21(23)19-16-14-17-20-22(24)25/h3-4,6-7,10-16,18,21,23H,2,5,8-9,17,19-20H2,1H3,(H,24,25)/b4-3-,7-6-,11-10+,13-12-,16-14-,18-15+/t21-/m1/s1. The van der Waals surface area contributed by atoms with Crippen LogP contribution in [-0.4, -0.2) is 22.3 Å². The Balaban J connectivity index is 3.72. The van der Waals surface area contributed by atoms with Gasteiger partial charge in [0.25, 0.3) is 0 Å². The molecule has 0 aromatic rings. The molecule has 138 valence electrons. The van der Waals surface area contributed by atoms with Crippen LogP contribution in [0.3, 0.4) is 0 Å². The van der Waals surface area contributed by atoms with Gasteiger partial charge in [0, 0.05) is 6.42 Å². The summed E-state index contributed by atoms with van der Waals surface area (Å²) in [6, 6.07) is 0. The SMILES string of the molecule is CC/C=C\C/C=C\CC/C=C/C=C\C=C\[C@@H](O)C/C=C\CCC(=O)O. The molecule has 0 aliphatic carbocycles. The molecule has 0 amide bonds. The predicted molar refractivity (Wildman–Crippen MR) is 106 cm³/mol. The van der Waals surface area contributed by atoms with Crippen LogP contribution in [0.5, 0.6) is 0 Å². The number of hydrogen-bond acceptors (Lipinski definition) is 2. The zero-order chi connectivity index (χ0) is 18.6. The first-order valence-corrected chi connectivity index (χ1v) is 9.01. The van der Waals surface area contributed by atoms with Crippen LogP contribution in [0, 0.1) is 0 Å². The number of allylic oxidation sites excluding steroid dienone is 10. The topological polar surface area (TPSA) is 57.5 Å². The molecule has 0 rings (SSSR count). The first-order chi connectivity index (χ1) is 12.2. The maximum absolute atomic E-state index is 10.3. The quantitative estimate of drug-likeness (QED) is 0.248. The van der Waals surface area contributed by atoms with E-state index in [0.29, 0.717) is 12.8 Å². The molecule has 0 heterocycles. The Morgan fingerprint density at radius 1 is 0.840 bits per heavy atom. The second-order valence-corrected chi connectivity index (χ2v) is 5.57. The van der Waals surface area contributed by atoms with E-state index in [1.165, 1.54) is 0 Å². The lowest BCUT2D eigenvalue weighted by molar-refractivity contribution is -0.136. The summed E-state index contributed by atoms with van der Waals surface area (Å²) >= 11 is 0. The summed E-state index contributed by atoms with van der Waals surface area (Å²) in [5, 5.41) is 18.2. The van der Waals surface area contributed by atoms with Crippen molar-refractivity contribution >= 4 is 5.97 Å². The summed E-state index contributed by atoms with van der Waals surface area (Å²) in [4.78, 5) is 10.3. The van der Waals surface area contributed by atoms with Gasteiger partial charge in [0.2, 0.25) is 0 Å². The Hall–Kier alpha value is -2.13. The second-order valence-electron chi connectivity index (χ2n) is 5.57. The van der Waals surface area contributed by atoms with Gasteiger partial charge in [-0.05, 0) is 38.5 Å². The van der Waals surface area contributed by atoms with Gasteiger partial charge in [-0.1, -0.05) is 79.8 Å². The third-order valence-corrected chi connectivity index (χ3v) is 3.21. The fourth-order valence-electron chi connectivity index (χ4n) is 1.88. The zero-order valence-corrected chi connectivity index (χ0v) is 15.3. The van der Waals surface area contributed by atoms with Crippen molar-refractivity contribution in [2.75, 3.05) is 0 Å². The van der Waals surface area contributed by atoms with Crippen molar-refractivity contribution in [2.45, 2.75) is 58.0 Å². The highest BCUT2D eigenvalue weighted by Gasteiger charge is 1.94. The molecule has 0 bridgehead atoms. The van der Waals surface area contributed by atoms with Crippen LogP contribution in [-0.2, 0) is 4.79 Å². The van der Waals surface area contributed by atoms with E-state index in [2.05, 4.69) is 37.3 Å². The molecule has 0 spiro atoms. The molecule has 0 aliphatic heterocycles. The molecule has 0 fully saturated rings. The molecule has 0 saturated heterocycles. The minimum atomic E-state index is -0.802. The van der Waals surface area contributed by atoms with Gasteiger partial charge in [-0.2, -0.15) is 0 Å². The van der Waals surface area contributed by atoms with Gasteiger partial charge in [-0.25, -0.2) is 0 Å². The van der Waals surface area contributed by atoms with Crippen molar-refractivity contribution in [1.82, 2.24) is 0 Å². The molecule has 25 heavy (non-hydrogen) atoms. The van der Waals surface area contributed by atoms with Crippen molar-refractivity contribution < 1.29 is 15.0 Å². The number of aliphatic carboxylic acids is 1. The van der Waals surface area contributed by atoms with Crippen molar-refractivity contribution in [1.29, 1.82) is 0 Å². The van der Waals surface area contributed by atoms with Crippen molar-refractivity contribution in [3.8, 4) is 0 Å². The minimum Gasteiger partial charge on any atom is -0.481 e.